The van der Waals surface area contributed by atoms with Gasteiger partial charge in [0.25, 0.3) is 0 Å². The molecule has 2 aliphatic heterocycles. The molecule has 7 rings (SSSR count). The van der Waals surface area contributed by atoms with Crippen molar-refractivity contribution in [3.05, 3.63) is 127 Å². The monoisotopic (exact) mass is 503 g/mol. The van der Waals surface area contributed by atoms with Gasteiger partial charge in [-0.05, 0) is 54.4 Å². The van der Waals surface area contributed by atoms with Crippen LogP contribution in [0.5, 0.6) is 11.5 Å². The molecule has 2 atom stereocenters. The van der Waals surface area contributed by atoms with Crippen LogP contribution < -0.4 is 24.1 Å². The van der Waals surface area contributed by atoms with Crippen molar-refractivity contribution in [2.24, 2.45) is 0 Å². The molecule has 3 nitrogen and oxygen atoms in total. The van der Waals surface area contributed by atoms with Gasteiger partial charge in [-0.2, -0.15) is 0 Å². The summed E-state index contributed by atoms with van der Waals surface area (Å²) in [5.41, 5.74) is 7.05. The maximum atomic E-state index is 6.89. The van der Waals surface area contributed by atoms with E-state index in [2.05, 4.69) is 121 Å². The Hall–Kier alpha value is -3.64. The topological polar surface area (TPSA) is 21.7 Å². The highest BCUT2D eigenvalue weighted by molar-refractivity contribution is 7.80. The lowest BCUT2D eigenvalue weighted by Gasteiger charge is -2.42. The average Bonchev–Trinajstić information content (AvgIpc) is 2.94. The van der Waals surface area contributed by atoms with E-state index >= 15 is 0 Å². The van der Waals surface area contributed by atoms with Gasteiger partial charge in [-0.3, -0.25) is 4.44 Å². The molecule has 0 aromatic heterocycles. The number of fused-ring (bicyclic) bond motifs is 6. The van der Waals surface area contributed by atoms with Crippen LogP contribution in [-0.4, -0.2) is 0 Å². The summed E-state index contributed by atoms with van der Waals surface area (Å²) in [5, 5.41) is 2.41. The van der Waals surface area contributed by atoms with Gasteiger partial charge >= 0.3 is 0 Å². The smallest absolute Gasteiger partial charge is 0.232 e. The summed E-state index contributed by atoms with van der Waals surface area (Å²) in [4.78, 5) is 0. The van der Waals surface area contributed by atoms with Crippen LogP contribution in [0.15, 0.2) is 121 Å². The third-order valence-corrected chi connectivity index (χ3v) is 11.0. The Morgan fingerprint density at radius 2 is 0.889 bits per heavy atom. The lowest BCUT2D eigenvalue weighted by molar-refractivity contribution is 0.607. The maximum absolute atomic E-state index is 6.89. The third-order valence-electron chi connectivity index (χ3n) is 6.55. The summed E-state index contributed by atoms with van der Waals surface area (Å²) in [7, 11) is -2.45. The summed E-state index contributed by atoms with van der Waals surface area (Å²) in [5.74, 6) is 1.83. The van der Waals surface area contributed by atoms with E-state index in [1.807, 2.05) is 12.1 Å². The van der Waals surface area contributed by atoms with Gasteiger partial charge in [0.2, 0.25) is 16.6 Å². The van der Waals surface area contributed by atoms with Gasteiger partial charge in [0.05, 0.1) is 5.69 Å². The van der Waals surface area contributed by atoms with Gasteiger partial charge in [0, 0.05) is 21.7 Å². The second-order valence-electron chi connectivity index (χ2n) is 8.88. The zero-order valence-electron chi connectivity index (χ0n) is 19.7. The summed E-state index contributed by atoms with van der Waals surface area (Å²) in [6.45, 7) is 2.12. The SMILES string of the molecule is Cc1ccc(N(P2Oc3ccccc3-c3ccccc32)P2Oc3ccccc3-c3ccccc32)cc1. The van der Waals surface area contributed by atoms with Gasteiger partial charge < -0.3 is 9.05 Å². The van der Waals surface area contributed by atoms with E-state index in [0.717, 1.165) is 28.3 Å². The van der Waals surface area contributed by atoms with Gasteiger partial charge in [0.1, 0.15) is 11.5 Å². The Bertz CT molecular complexity index is 1490. The fourth-order valence-electron chi connectivity index (χ4n) is 4.80. The average molecular weight is 503 g/mol. The second kappa shape index (κ2) is 8.79. The first-order valence-electron chi connectivity index (χ1n) is 12.0. The summed E-state index contributed by atoms with van der Waals surface area (Å²) < 4.78 is 16.2. The molecular weight excluding hydrogens is 480 g/mol. The number of anilines is 1. The molecule has 0 bridgehead atoms. The maximum Gasteiger partial charge on any atom is 0.232 e. The molecule has 2 unspecified atom stereocenters. The van der Waals surface area contributed by atoms with E-state index in [-0.39, 0.29) is 0 Å². The number of hydrogen-bond donors (Lipinski definition) is 0. The van der Waals surface area contributed by atoms with Crippen LogP contribution >= 0.6 is 16.6 Å². The summed E-state index contributed by atoms with van der Waals surface area (Å²) >= 11 is 0. The number of hydrogen-bond acceptors (Lipinski definition) is 3. The molecule has 0 aliphatic carbocycles. The van der Waals surface area contributed by atoms with Crippen molar-refractivity contribution in [2.45, 2.75) is 6.92 Å². The van der Waals surface area contributed by atoms with Crippen LogP contribution in [-0.2, 0) is 0 Å². The predicted octanol–water partition coefficient (Wildman–Crippen LogP) is 8.20. The first-order chi connectivity index (χ1) is 17.8. The van der Waals surface area contributed by atoms with E-state index in [1.54, 1.807) is 0 Å². The number of aryl methyl sites for hydroxylation is 1. The molecule has 0 radical (unpaired) electrons. The fraction of sp³-hybridized carbons (Fsp3) is 0.0323. The van der Waals surface area contributed by atoms with E-state index in [4.69, 9.17) is 9.05 Å². The van der Waals surface area contributed by atoms with E-state index < -0.39 is 16.6 Å². The molecule has 5 aromatic carbocycles. The number of rotatable bonds is 3. The van der Waals surface area contributed by atoms with Crippen molar-refractivity contribution in [3.8, 4) is 33.8 Å². The molecule has 0 spiro atoms. The van der Waals surface area contributed by atoms with Gasteiger partial charge in [0.15, 0.2) is 0 Å². The van der Waals surface area contributed by atoms with Gasteiger partial charge in [-0.15, -0.1) is 0 Å². The Morgan fingerprint density at radius 1 is 0.472 bits per heavy atom. The van der Waals surface area contributed by atoms with Crippen molar-refractivity contribution < 1.29 is 9.05 Å². The molecule has 5 aromatic rings. The minimum atomic E-state index is -1.22. The normalized spacial score (nSPS) is 16.9. The highest BCUT2D eigenvalue weighted by Gasteiger charge is 2.41. The van der Waals surface area contributed by atoms with Crippen molar-refractivity contribution in [1.82, 2.24) is 0 Å². The quantitative estimate of drug-likeness (QED) is 0.232. The summed E-state index contributed by atoms with van der Waals surface area (Å²) in [6.07, 6.45) is 0. The first kappa shape index (κ1) is 21.6. The van der Waals surface area contributed by atoms with Crippen LogP contribution in [0.25, 0.3) is 22.3 Å². The van der Waals surface area contributed by atoms with Crippen molar-refractivity contribution in [2.75, 3.05) is 4.44 Å². The first-order valence-corrected chi connectivity index (χ1v) is 14.4. The van der Waals surface area contributed by atoms with Crippen LogP contribution in [0.1, 0.15) is 5.56 Å². The standard InChI is InChI=1S/C31H23NO2P2/c1-22-18-20-23(21-19-22)32(35-30-16-8-4-12-26(30)24-10-2-6-14-28(24)33-35)36-31-17-9-5-13-27(31)25-11-3-7-15-29(25)34-36/h2-21H,1H3. The lowest BCUT2D eigenvalue weighted by Crippen LogP contribution is -2.31. The van der Waals surface area contributed by atoms with Crippen molar-refractivity contribution in [1.29, 1.82) is 0 Å². The minimum absolute atomic E-state index is 0.917. The Labute approximate surface area is 213 Å². The lowest BCUT2D eigenvalue weighted by atomic mass is 10.0. The molecule has 2 aliphatic rings. The van der Waals surface area contributed by atoms with Crippen molar-refractivity contribution in [3.63, 3.8) is 0 Å². The number of benzene rings is 5. The largest absolute Gasteiger partial charge is 0.448 e. The second-order valence-corrected chi connectivity index (χ2v) is 12.4. The molecule has 0 saturated heterocycles. The van der Waals surface area contributed by atoms with Gasteiger partial charge in [-0.1, -0.05) is 90.5 Å². The highest BCUT2D eigenvalue weighted by atomic mass is 31.2. The fourth-order valence-corrected chi connectivity index (χ4v) is 9.56. The van der Waals surface area contributed by atoms with E-state index in [0.29, 0.717) is 0 Å². The van der Waals surface area contributed by atoms with Crippen LogP contribution in [0.4, 0.5) is 5.69 Å². The Balaban J connectivity index is 1.45. The van der Waals surface area contributed by atoms with Crippen LogP contribution in [0, 0.1) is 6.92 Å². The molecule has 0 amide bonds. The molecular formula is C31H23NO2P2. The highest BCUT2D eigenvalue weighted by Crippen LogP contribution is 2.64. The molecule has 0 fully saturated rings. The molecule has 36 heavy (non-hydrogen) atoms. The number of nitrogens with zero attached hydrogens (tertiary/aromatic N) is 1. The predicted molar refractivity (Wildman–Crippen MR) is 152 cm³/mol. The minimum Gasteiger partial charge on any atom is -0.448 e. The third kappa shape index (κ3) is 3.51. The van der Waals surface area contributed by atoms with Gasteiger partial charge in [-0.25, -0.2) is 0 Å². The molecule has 0 saturated carbocycles. The van der Waals surface area contributed by atoms with Crippen LogP contribution in [0.3, 0.4) is 0 Å². The van der Waals surface area contributed by atoms with Crippen LogP contribution in [0.2, 0.25) is 0 Å². The molecule has 174 valence electrons. The Morgan fingerprint density at radius 3 is 1.39 bits per heavy atom. The zero-order chi connectivity index (χ0) is 24.1. The van der Waals surface area contributed by atoms with E-state index in [1.165, 1.54) is 27.3 Å². The molecule has 5 heteroatoms. The molecule has 2 heterocycles. The van der Waals surface area contributed by atoms with E-state index in [9.17, 15) is 0 Å². The summed E-state index contributed by atoms with van der Waals surface area (Å²) in [6, 6.07) is 42.7. The van der Waals surface area contributed by atoms with Crippen molar-refractivity contribution >= 4 is 32.9 Å². The number of para-hydroxylation sites is 2. The molecule has 0 N–H and O–H groups in total. The Kier molecular flexibility index (Phi) is 5.28. The zero-order valence-corrected chi connectivity index (χ0v) is 21.5.